The fourth-order valence-electron chi connectivity index (χ4n) is 1.92. The molecule has 0 saturated heterocycles. The molecule has 0 bridgehead atoms. The molecule has 4 heteroatoms. The molecule has 0 spiro atoms. The van der Waals surface area contributed by atoms with E-state index in [0.29, 0.717) is 0 Å². The number of hydrogen-bond donors (Lipinski definition) is 0. The van der Waals surface area contributed by atoms with Gasteiger partial charge in [0.2, 0.25) is 0 Å². The molecule has 0 saturated carbocycles. The molecule has 16 heavy (non-hydrogen) atoms. The summed E-state index contributed by atoms with van der Waals surface area (Å²) < 4.78 is 0. The Kier molecular flexibility index (Phi) is 3.92. The summed E-state index contributed by atoms with van der Waals surface area (Å²) >= 11 is 3.66. The fourth-order valence-corrected chi connectivity index (χ4v) is 4.26. The summed E-state index contributed by atoms with van der Waals surface area (Å²) in [7, 11) is 0. The summed E-state index contributed by atoms with van der Waals surface area (Å²) in [6.07, 6.45) is 1.14. The van der Waals surface area contributed by atoms with E-state index in [2.05, 4.69) is 6.07 Å². The second kappa shape index (κ2) is 5.23. The maximum Gasteiger partial charge on any atom is 0.263 e. The summed E-state index contributed by atoms with van der Waals surface area (Å²) in [6.45, 7) is 5.66. The van der Waals surface area contributed by atoms with Crippen LogP contribution in [0.5, 0.6) is 0 Å². The minimum absolute atomic E-state index is 0.203. The molecule has 2 rings (SSSR count). The van der Waals surface area contributed by atoms with Crippen molar-refractivity contribution >= 4 is 29.0 Å². The van der Waals surface area contributed by atoms with Crippen LogP contribution in [0, 0.1) is 0 Å². The summed E-state index contributed by atoms with van der Waals surface area (Å²) in [5.41, 5.74) is 1.39. The quantitative estimate of drug-likeness (QED) is 0.827. The van der Waals surface area contributed by atoms with E-state index in [-0.39, 0.29) is 5.91 Å². The van der Waals surface area contributed by atoms with Crippen molar-refractivity contribution in [2.45, 2.75) is 26.0 Å². The van der Waals surface area contributed by atoms with Crippen LogP contribution in [0.1, 0.15) is 34.0 Å². The summed E-state index contributed by atoms with van der Waals surface area (Å²) in [4.78, 5) is 16.4. The first-order valence-corrected chi connectivity index (χ1v) is 7.72. The van der Waals surface area contributed by atoms with Crippen molar-refractivity contribution in [1.29, 1.82) is 0 Å². The number of carbonyl (C=O) groups is 1. The van der Waals surface area contributed by atoms with Gasteiger partial charge in [-0.1, -0.05) is 0 Å². The number of rotatable bonds is 3. The van der Waals surface area contributed by atoms with Gasteiger partial charge in [0.05, 0.1) is 4.88 Å². The summed E-state index contributed by atoms with van der Waals surface area (Å²) in [6, 6.07) is 2.10. The van der Waals surface area contributed by atoms with E-state index in [4.69, 9.17) is 0 Å². The third kappa shape index (κ3) is 2.28. The first-order valence-electron chi connectivity index (χ1n) is 5.74. The monoisotopic (exact) mass is 255 g/mol. The van der Waals surface area contributed by atoms with Crippen molar-refractivity contribution < 1.29 is 4.79 Å². The molecule has 0 N–H and O–H groups in total. The predicted octanol–water partition coefficient (Wildman–Crippen LogP) is 3.02. The molecule has 0 aromatic carbocycles. The molecule has 1 aromatic rings. The van der Waals surface area contributed by atoms with Gasteiger partial charge in [-0.05, 0) is 37.7 Å². The van der Waals surface area contributed by atoms with Gasteiger partial charge in [0.25, 0.3) is 5.91 Å². The minimum atomic E-state index is 0.203. The molecule has 0 aliphatic carbocycles. The third-order valence-corrected chi connectivity index (χ3v) is 5.12. The second-order valence-electron chi connectivity index (χ2n) is 3.84. The van der Waals surface area contributed by atoms with Crippen molar-refractivity contribution in [3.8, 4) is 0 Å². The maximum absolute atomic E-state index is 12.2. The number of nitrogens with zero attached hydrogens (tertiary/aromatic N) is 1. The third-order valence-electron chi connectivity index (χ3n) is 2.89. The average Bonchev–Trinajstić information content (AvgIpc) is 2.74. The normalized spacial score (nSPS) is 14.6. The number of amides is 1. The molecule has 1 aromatic heterocycles. The zero-order chi connectivity index (χ0) is 11.5. The number of fused-ring (bicyclic) bond motifs is 1. The second-order valence-corrected chi connectivity index (χ2v) is 6.08. The van der Waals surface area contributed by atoms with Gasteiger partial charge in [-0.2, -0.15) is 11.8 Å². The van der Waals surface area contributed by atoms with Crippen LogP contribution in [0.25, 0.3) is 0 Å². The molecule has 1 amide bonds. The van der Waals surface area contributed by atoms with Gasteiger partial charge in [-0.25, -0.2) is 0 Å². The van der Waals surface area contributed by atoms with Crippen LogP contribution in [-0.4, -0.2) is 29.6 Å². The Bertz CT molecular complexity index is 359. The van der Waals surface area contributed by atoms with Crippen molar-refractivity contribution in [3.05, 3.63) is 21.4 Å². The Morgan fingerprint density at radius 1 is 1.44 bits per heavy atom. The topological polar surface area (TPSA) is 20.3 Å². The molecule has 0 unspecified atom stereocenters. The van der Waals surface area contributed by atoms with Gasteiger partial charge in [-0.15, -0.1) is 11.3 Å². The van der Waals surface area contributed by atoms with Crippen LogP contribution in [-0.2, 0) is 12.2 Å². The minimum Gasteiger partial charge on any atom is -0.339 e. The zero-order valence-corrected chi connectivity index (χ0v) is 11.4. The standard InChI is InChI=1S/C12H17NOS2/c1-3-13(4-2)12(14)11-7-9-8-15-6-5-10(9)16-11/h7H,3-6,8H2,1-2H3. The lowest BCUT2D eigenvalue weighted by molar-refractivity contribution is 0.0778. The van der Waals surface area contributed by atoms with Crippen LogP contribution < -0.4 is 0 Å². The van der Waals surface area contributed by atoms with Crippen molar-refractivity contribution in [3.63, 3.8) is 0 Å². The van der Waals surface area contributed by atoms with E-state index in [0.717, 1.165) is 30.1 Å². The van der Waals surface area contributed by atoms with Crippen molar-refractivity contribution in [1.82, 2.24) is 4.90 Å². The number of aryl methyl sites for hydroxylation is 1. The van der Waals surface area contributed by atoms with Crippen molar-refractivity contribution in [2.24, 2.45) is 0 Å². The molecule has 2 heterocycles. The SMILES string of the molecule is CCN(CC)C(=O)c1cc2c(s1)CCSC2. The van der Waals surface area contributed by atoms with Gasteiger partial charge in [0, 0.05) is 23.7 Å². The Balaban J connectivity index is 2.20. The van der Waals surface area contributed by atoms with Crippen molar-refractivity contribution in [2.75, 3.05) is 18.8 Å². The maximum atomic E-state index is 12.2. The van der Waals surface area contributed by atoms with E-state index < -0.39 is 0 Å². The van der Waals surface area contributed by atoms with E-state index >= 15 is 0 Å². The van der Waals surface area contributed by atoms with Crippen LogP contribution in [0.4, 0.5) is 0 Å². The zero-order valence-electron chi connectivity index (χ0n) is 9.78. The first kappa shape index (κ1) is 12.0. The van der Waals surface area contributed by atoms with Gasteiger partial charge < -0.3 is 4.90 Å². The molecule has 88 valence electrons. The lowest BCUT2D eigenvalue weighted by atomic mass is 10.2. The van der Waals surface area contributed by atoms with Crippen LogP contribution in [0.2, 0.25) is 0 Å². The Labute approximate surface area is 105 Å². The van der Waals surface area contributed by atoms with Gasteiger partial charge in [0.15, 0.2) is 0 Å². The van der Waals surface area contributed by atoms with E-state index in [9.17, 15) is 4.79 Å². The largest absolute Gasteiger partial charge is 0.339 e. The molecular formula is C12H17NOS2. The lowest BCUT2D eigenvalue weighted by Crippen LogP contribution is -2.29. The Morgan fingerprint density at radius 3 is 2.81 bits per heavy atom. The number of thioether (sulfide) groups is 1. The number of thiophene rings is 1. The summed E-state index contributed by atoms with van der Waals surface area (Å²) in [5.74, 6) is 2.48. The smallest absolute Gasteiger partial charge is 0.263 e. The molecular weight excluding hydrogens is 238 g/mol. The fraction of sp³-hybridized carbons (Fsp3) is 0.583. The van der Waals surface area contributed by atoms with Gasteiger partial charge in [-0.3, -0.25) is 4.79 Å². The molecule has 0 radical (unpaired) electrons. The lowest BCUT2D eigenvalue weighted by Gasteiger charge is -2.17. The molecule has 1 aliphatic heterocycles. The van der Waals surface area contributed by atoms with E-state index in [1.165, 1.54) is 16.2 Å². The molecule has 0 atom stereocenters. The first-order chi connectivity index (χ1) is 7.76. The molecule has 2 nitrogen and oxygen atoms in total. The summed E-state index contributed by atoms with van der Waals surface area (Å²) in [5, 5.41) is 0. The number of hydrogen-bond acceptors (Lipinski definition) is 3. The highest BCUT2D eigenvalue weighted by Crippen LogP contribution is 2.32. The van der Waals surface area contributed by atoms with E-state index in [1.54, 1.807) is 11.3 Å². The van der Waals surface area contributed by atoms with Crippen LogP contribution >= 0.6 is 23.1 Å². The van der Waals surface area contributed by atoms with Crippen LogP contribution in [0.15, 0.2) is 6.07 Å². The predicted molar refractivity (Wildman–Crippen MR) is 71.4 cm³/mol. The molecule has 0 fully saturated rings. The Morgan fingerprint density at radius 2 is 2.19 bits per heavy atom. The average molecular weight is 255 g/mol. The van der Waals surface area contributed by atoms with Crippen LogP contribution in [0.3, 0.4) is 0 Å². The van der Waals surface area contributed by atoms with Gasteiger partial charge in [0.1, 0.15) is 0 Å². The highest BCUT2D eigenvalue weighted by atomic mass is 32.2. The highest BCUT2D eigenvalue weighted by Gasteiger charge is 2.19. The van der Waals surface area contributed by atoms with Gasteiger partial charge >= 0.3 is 0 Å². The Hall–Kier alpha value is -0.480. The highest BCUT2D eigenvalue weighted by molar-refractivity contribution is 7.98. The van der Waals surface area contributed by atoms with E-state index in [1.807, 2.05) is 30.5 Å². The molecule has 1 aliphatic rings. The number of carbonyl (C=O) groups excluding carboxylic acids is 1.